The summed E-state index contributed by atoms with van der Waals surface area (Å²) in [5.41, 5.74) is 1.46. The summed E-state index contributed by atoms with van der Waals surface area (Å²) in [5.74, 6) is 1.49. The largest absolute Gasteiger partial charge is 0.493 e. The van der Waals surface area contributed by atoms with Gasteiger partial charge in [0.05, 0.1) is 30.6 Å². The van der Waals surface area contributed by atoms with Gasteiger partial charge in [0.25, 0.3) is 0 Å². The molecule has 0 N–H and O–H groups in total. The van der Waals surface area contributed by atoms with E-state index in [0.717, 1.165) is 54.8 Å². The molecule has 3 rings (SSSR count). The summed E-state index contributed by atoms with van der Waals surface area (Å²) in [6, 6.07) is 6.22. The van der Waals surface area contributed by atoms with Crippen LogP contribution in [0.4, 0.5) is 13.2 Å². The number of amides is 1. The number of piperazine rings is 1. The van der Waals surface area contributed by atoms with Crippen molar-refractivity contribution < 1.29 is 27.4 Å². The fourth-order valence-corrected chi connectivity index (χ4v) is 4.20. The van der Waals surface area contributed by atoms with E-state index in [0.29, 0.717) is 29.6 Å². The van der Waals surface area contributed by atoms with Crippen molar-refractivity contribution in [3.8, 4) is 11.5 Å². The van der Waals surface area contributed by atoms with Crippen LogP contribution in [0, 0.1) is 6.92 Å². The molecule has 2 aromatic rings. The number of carbonyl (C=O) groups is 1. The molecule has 1 aromatic heterocycles. The van der Waals surface area contributed by atoms with Gasteiger partial charge >= 0.3 is 6.18 Å². The van der Waals surface area contributed by atoms with Gasteiger partial charge in [-0.05, 0) is 42.3 Å². The minimum Gasteiger partial charge on any atom is -0.493 e. The van der Waals surface area contributed by atoms with Crippen molar-refractivity contribution in [1.29, 1.82) is 0 Å². The molecule has 1 aliphatic rings. The van der Waals surface area contributed by atoms with Gasteiger partial charge in [-0.3, -0.25) is 9.69 Å². The number of methoxy groups -OCH3 is 2. The van der Waals surface area contributed by atoms with Crippen LogP contribution in [0.2, 0.25) is 0 Å². The van der Waals surface area contributed by atoms with Crippen molar-refractivity contribution in [3.05, 3.63) is 47.2 Å². The van der Waals surface area contributed by atoms with Crippen LogP contribution in [0.1, 0.15) is 16.7 Å². The number of thioether (sulfide) groups is 1. The van der Waals surface area contributed by atoms with Gasteiger partial charge < -0.3 is 14.4 Å². The minimum atomic E-state index is -4.42. The van der Waals surface area contributed by atoms with Gasteiger partial charge in [0.1, 0.15) is 0 Å². The van der Waals surface area contributed by atoms with Gasteiger partial charge in [-0.2, -0.15) is 13.2 Å². The number of benzene rings is 1. The fourth-order valence-electron chi connectivity index (χ4n) is 3.45. The van der Waals surface area contributed by atoms with Gasteiger partial charge in [-0.25, -0.2) is 4.98 Å². The van der Waals surface area contributed by atoms with Gasteiger partial charge in [0.15, 0.2) is 11.5 Å². The zero-order valence-electron chi connectivity index (χ0n) is 18.2. The molecular weight excluding hydrogens is 443 g/mol. The van der Waals surface area contributed by atoms with Crippen molar-refractivity contribution in [2.24, 2.45) is 0 Å². The second-order valence-electron chi connectivity index (χ2n) is 7.46. The van der Waals surface area contributed by atoms with E-state index in [4.69, 9.17) is 9.47 Å². The predicted octanol–water partition coefficient (Wildman–Crippen LogP) is 3.86. The molecule has 174 valence electrons. The summed E-state index contributed by atoms with van der Waals surface area (Å²) in [5, 5.41) is 0.397. The number of ether oxygens (including phenoxy) is 2. The van der Waals surface area contributed by atoms with Crippen molar-refractivity contribution in [2.45, 2.75) is 24.7 Å². The molecule has 1 aliphatic heterocycles. The number of rotatable bonds is 7. The second-order valence-corrected chi connectivity index (χ2v) is 8.46. The SMILES string of the molecule is COc1cc(C)c(CN2CCN(C(=O)CSc3ccc(C(F)(F)F)cn3)CC2)cc1OC. The Balaban J connectivity index is 1.49. The lowest BCUT2D eigenvalue weighted by Gasteiger charge is -2.35. The monoisotopic (exact) mass is 469 g/mol. The fraction of sp³-hybridized carbons (Fsp3) is 0.455. The molecule has 6 nitrogen and oxygen atoms in total. The Kier molecular flexibility index (Phi) is 7.89. The number of aryl methyl sites for hydroxylation is 1. The van der Waals surface area contributed by atoms with E-state index < -0.39 is 11.7 Å². The molecule has 0 spiro atoms. The quantitative estimate of drug-likeness (QED) is 0.574. The normalized spacial score (nSPS) is 15.0. The highest BCUT2D eigenvalue weighted by molar-refractivity contribution is 7.99. The van der Waals surface area contributed by atoms with Crippen LogP contribution in [0.15, 0.2) is 35.5 Å². The summed E-state index contributed by atoms with van der Waals surface area (Å²) in [6.45, 7) is 5.46. The van der Waals surface area contributed by atoms with Gasteiger partial charge in [0.2, 0.25) is 5.91 Å². The molecule has 0 aliphatic carbocycles. The molecule has 1 amide bonds. The Bertz CT molecular complexity index is 930. The first kappa shape index (κ1) is 24.2. The van der Waals surface area contributed by atoms with E-state index in [1.165, 1.54) is 6.07 Å². The molecule has 1 saturated heterocycles. The zero-order chi connectivity index (χ0) is 23.3. The number of hydrogen-bond donors (Lipinski definition) is 0. The topological polar surface area (TPSA) is 54.9 Å². The highest BCUT2D eigenvalue weighted by Crippen LogP contribution is 2.31. The highest BCUT2D eigenvalue weighted by atomic mass is 32.2. The Hall–Kier alpha value is -2.46. The first-order valence-electron chi connectivity index (χ1n) is 10.1. The molecule has 0 bridgehead atoms. The number of aromatic nitrogens is 1. The molecule has 0 radical (unpaired) electrons. The number of nitrogens with zero attached hydrogens (tertiary/aromatic N) is 3. The third-order valence-electron chi connectivity index (χ3n) is 5.37. The highest BCUT2D eigenvalue weighted by Gasteiger charge is 2.30. The molecule has 2 heterocycles. The molecule has 0 atom stereocenters. The average molecular weight is 470 g/mol. The van der Waals surface area contributed by atoms with Crippen LogP contribution in [-0.2, 0) is 17.5 Å². The Morgan fingerprint density at radius 1 is 1.09 bits per heavy atom. The Labute approximate surface area is 189 Å². The molecule has 1 aromatic carbocycles. The lowest BCUT2D eigenvalue weighted by Crippen LogP contribution is -2.48. The lowest BCUT2D eigenvalue weighted by molar-refractivity contribution is -0.138. The lowest BCUT2D eigenvalue weighted by atomic mass is 10.1. The van der Waals surface area contributed by atoms with Crippen LogP contribution < -0.4 is 9.47 Å². The van der Waals surface area contributed by atoms with Crippen LogP contribution in [0.5, 0.6) is 11.5 Å². The molecule has 1 fully saturated rings. The Morgan fingerprint density at radius 3 is 2.31 bits per heavy atom. The van der Waals surface area contributed by atoms with Crippen LogP contribution >= 0.6 is 11.8 Å². The van der Waals surface area contributed by atoms with Crippen LogP contribution in [0.3, 0.4) is 0 Å². The van der Waals surface area contributed by atoms with Crippen molar-refractivity contribution >= 4 is 17.7 Å². The summed E-state index contributed by atoms with van der Waals surface area (Å²) in [4.78, 5) is 20.4. The van der Waals surface area contributed by atoms with E-state index in [1.807, 2.05) is 19.1 Å². The van der Waals surface area contributed by atoms with Gasteiger partial charge in [-0.15, -0.1) is 0 Å². The van der Waals surface area contributed by atoms with Crippen molar-refractivity contribution in [1.82, 2.24) is 14.8 Å². The minimum absolute atomic E-state index is 0.0429. The number of halogens is 3. The molecule has 0 saturated carbocycles. The predicted molar refractivity (Wildman–Crippen MR) is 116 cm³/mol. The smallest absolute Gasteiger partial charge is 0.417 e. The average Bonchev–Trinajstić information content (AvgIpc) is 2.78. The maximum atomic E-state index is 12.6. The summed E-state index contributed by atoms with van der Waals surface area (Å²) in [6.07, 6.45) is -3.62. The maximum Gasteiger partial charge on any atom is 0.417 e. The van der Waals surface area contributed by atoms with Crippen LogP contribution in [0.25, 0.3) is 0 Å². The third-order valence-corrected chi connectivity index (χ3v) is 6.30. The van der Waals surface area contributed by atoms with E-state index in [-0.39, 0.29) is 11.7 Å². The number of hydrogen-bond acceptors (Lipinski definition) is 6. The first-order valence-corrected chi connectivity index (χ1v) is 11.1. The summed E-state index contributed by atoms with van der Waals surface area (Å²) in [7, 11) is 3.22. The third kappa shape index (κ3) is 6.07. The standard InChI is InChI=1S/C22H26F3N3O3S/c1-15-10-18(30-2)19(31-3)11-16(15)13-27-6-8-28(9-7-27)21(29)14-32-20-5-4-17(12-26-20)22(23,24)25/h4-5,10-12H,6-9,13-14H2,1-3H3. The number of carbonyl (C=O) groups excluding carboxylic acids is 1. The molecule has 32 heavy (non-hydrogen) atoms. The Morgan fingerprint density at radius 2 is 1.75 bits per heavy atom. The maximum absolute atomic E-state index is 12.6. The molecule has 10 heteroatoms. The van der Waals surface area contributed by atoms with Gasteiger partial charge in [-0.1, -0.05) is 11.8 Å². The van der Waals surface area contributed by atoms with E-state index in [2.05, 4.69) is 9.88 Å². The van der Waals surface area contributed by atoms with Crippen molar-refractivity contribution in [3.63, 3.8) is 0 Å². The molecular formula is C22H26F3N3O3S. The first-order chi connectivity index (χ1) is 15.2. The van der Waals surface area contributed by atoms with E-state index in [1.54, 1.807) is 19.1 Å². The zero-order valence-corrected chi connectivity index (χ0v) is 19.1. The summed E-state index contributed by atoms with van der Waals surface area (Å²) >= 11 is 1.15. The molecule has 0 unspecified atom stereocenters. The van der Waals surface area contributed by atoms with E-state index >= 15 is 0 Å². The van der Waals surface area contributed by atoms with Crippen molar-refractivity contribution in [2.75, 3.05) is 46.2 Å². The number of pyridine rings is 1. The van der Waals surface area contributed by atoms with Crippen LogP contribution in [-0.4, -0.2) is 66.8 Å². The second kappa shape index (κ2) is 10.4. The van der Waals surface area contributed by atoms with Gasteiger partial charge in [0, 0.05) is 38.9 Å². The van der Waals surface area contributed by atoms with E-state index in [9.17, 15) is 18.0 Å². The summed E-state index contributed by atoms with van der Waals surface area (Å²) < 4.78 is 48.6. The number of alkyl halides is 3.